The Labute approximate surface area is 233 Å². The summed E-state index contributed by atoms with van der Waals surface area (Å²) < 4.78 is 15.4. The van der Waals surface area contributed by atoms with E-state index in [0.717, 1.165) is 6.08 Å². The Hall–Kier alpha value is -5.89. The summed E-state index contributed by atoms with van der Waals surface area (Å²) in [4.78, 5) is 44.4. The Bertz CT molecular complexity index is 1960. The highest BCUT2D eigenvalue weighted by atomic mass is 16.5. The topological polar surface area (TPSA) is 133 Å². The number of hydrogen-bond acceptors (Lipinski definition) is 7. The van der Waals surface area contributed by atoms with Crippen LogP contribution in [0.5, 0.6) is 17.4 Å². The maximum atomic E-state index is 13.5. The molecule has 0 saturated carbocycles. The third-order valence-corrected chi connectivity index (χ3v) is 6.45. The molecular formula is C30H24N6O5. The first-order valence-corrected chi connectivity index (χ1v) is 12.4. The normalized spacial score (nSPS) is 11.2. The number of nitrogens with one attached hydrogen (secondary N) is 1. The van der Waals surface area contributed by atoms with E-state index >= 15 is 0 Å². The number of nitriles is 1. The minimum Gasteiger partial charge on any atom is -0.497 e. The Morgan fingerprint density at radius 3 is 2.34 bits per heavy atom. The van der Waals surface area contributed by atoms with Crippen molar-refractivity contribution >= 4 is 23.3 Å². The average Bonchev–Trinajstić information content (AvgIpc) is 3.20. The lowest BCUT2D eigenvalue weighted by atomic mass is 10.1. The van der Waals surface area contributed by atoms with Gasteiger partial charge in [0.05, 0.1) is 18.5 Å². The molecule has 0 bridgehead atoms. The van der Waals surface area contributed by atoms with E-state index in [4.69, 9.17) is 9.47 Å². The van der Waals surface area contributed by atoms with E-state index in [1.807, 2.05) is 12.1 Å². The summed E-state index contributed by atoms with van der Waals surface area (Å²) in [5, 5.41) is 12.5. The average molecular weight is 549 g/mol. The number of fused-ring (bicyclic) bond motifs is 1. The summed E-state index contributed by atoms with van der Waals surface area (Å²) >= 11 is 0. The van der Waals surface area contributed by atoms with Crippen LogP contribution in [0.3, 0.4) is 0 Å². The first-order chi connectivity index (χ1) is 19.8. The van der Waals surface area contributed by atoms with Crippen LogP contribution in [0.15, 0.2) is 94.2 Å². The van der Waals surface area contributed by atoms with Crippen molar-refractivity contribution in [1.29, 1.82) is 5.26 Å². The van der Waals surface area contributed by atoms with Gasteiger partial charge in [-0.15, -0.1) is 0 Å². The lowest BCUT2D eigenvalue weighted by Crippen LogP contribution is -2.24. The molecule has 41 heavy (non-hydrogen) atoms. The van der Waals surface area contributed by atoms with E-state index in [9.17, 15) is 19.6 Å². The summed E-state index contributed by atoms with van der Waals surface area (Å²) in [5.74, 6) is -0.00680. The van der Waals surface area contributed by atoms with E-state index in [-0.39, 0.29) is 17.1 Å². The number of anilines is 1. The lowest BCUT2D eigenvalue weighted by Gasteiger charge is -2.11. The molecule has 2 aromatic carbocycles. The van der Waals surface area contributed by atoms with Crippen molar-refractivity contribution < 1.29 is 14.3 Å². The number of rotatable bonds is 7. The molecule has 0 radical (unpaired) electrons. The van der Waals surface area contributed by atoms with Gasteiger partial charge in [-0.1, -0.05) is 24.3 Å². The molecule has 0 atom stereocenters. The number of amides is 1. The highest BCUT2D eigenvalue weighted by Gasteiger charge is 2.22. The van der Waals surface area contributed by atoms with Gasteiger partial charge in [-0.2, -0.15) is 10.2 Å². The standard InChI is InChI=1S/C30H24N6O5/c1-19-26(30(39)36(34(19)2)21-9-5-4-6-10-21)33-27(37)20(18-31)17-24-28(41-23-14-12-22(40-3)13-15-23)32-25-11-7-8-16-35(25)29(24)38/h4-17H,1-3H3,(H,33,37). The Morgan fingerprint density at radius 1 is 0.976 bits per heavy atom. The van der Waals surface area contributed by atoms with E-state index in [1.165, 1.54) is 22.4 Å². The van der Waals surface area contributed by atoms with Gasteiger partial charge in [-0.25, -0.2) is 4.68 Å². The van der Waals surface area contributed by atoms with E-state index in [2.05, 4.69) is 10.3 Å². The Kier molecular flexibility index (Phi) is 7.21. The van der Waals surface area contributed by atoms with Crippen LogP contribution >= 0.6 is 0 Å². The number of carbonyl (C=O) groups is 1. The van der Waals surface area contributed by atoms with Gasteiger partial charge in [0, 0.05) is 13.2 Å². The summed E-state index contributed by atoms with van der Waals surface area (Å²) in [6, 6.07) is 22.4. The van der Waals surface area contributed by atoms with Gasteiger partial charge in [0.2, 0.25) is 5.88 Å². The molecule has 0 fully saturated rings. The molecule has 1 amide bonds. The Morgan fingerprint density at radius 2 is 1.66 bits per heavy atom. The van der Waals surface area contributed by atoms with Crippen LogP contribution in [0.25, 0.3) is 17.4 Å². The second-order valence-electron chi connectivity index (χ2n) is 8.90. The molecule has 3 aromatic heterocycles. The maximum absolute atomic E-state index is 13.5. The molecule has 3 heterocycles. The smallest absolute Gasteiger partial charge is 0.295 e. The minimum absolute atomic E-state index is 0.00516. The minimum atomic E-state index is -0.869. The number of para-hydroxylation sites is 1. The first kappa shape index (κ1) is 26.7. The van der Waals surface area contributed by atoms with Crippen molar-refractivity contribution in [2.75, 3.05) is 12.4 Å². The largest absolute Gasteiger partial charge is 0.497 e. The third kappa shape index (κ3) is 5.09. The zero-order valence-corrected chi connectivity index (χ0v) is 22.4. The number of carbonyl (C=O) groups excluding carboxylic acids is 1. The zero-order valence-electron chi connectivity index (χ0n) is 22.4. The zero-order chi connectivity index (χ0) is 29.1. The first-order valence-electron chi connectivity index (χ1n) is 12.4. The van der Waals surface area contributed by atoms with Crippen LogP contribution in [0.1, 0.15) is 11.3 Å². The molecule has 204 valence electrons. The second kappa shape index (κ2) is 11.1. The van der Waals surface area contributed by atoms with Crippen LogP contribution in [0.4, 0.5) is 5.69 Å². The van der Waals surface area contributed by atoms with Crippen molar-refractivity contribution in [3.63, 3.8) is 0 Å². The molecule has 0 unspecified atom stereocenters. The van der Waals surface area contributed by atoms with Gasteiger partial charge in [-0.3, -0.25) is 23.5 Å². The van der Waals surface area contributed by atoms with Crippen LogP contribution in [0, 0.1) is 18.3 Å². The van der Waals surface area contributed by atoms with Crippen molar-refractivity contribution in [1.82, 2.24) is 18.7 Å². The van der Waals surface area contributed by atoms with E-state index in [0.29, 0.717) is 28.5 Å². The fourth-order valence-electron chi connectivity index (χ4n) is 4.23. The van der Waals surface area contributed by atoms with Crippen LogP contribution in [0.2, 0.25) is 0 Å². The molecule has 5 aromatic rings. The quantitative estimate of drug-likeness (QED) is 0.241. The van der Waals surface area contributed by atoms with Crippen molar-refractivity contribution in [3.05, 3.63) is 117 Å². The van der Waals surface area contributed by atoms with E-state index in [1.54, 1.807) is 85.4 Å². The summed E-state index contributed by atoms with van der Waals surface area (Å²) in [6.07, 6.45) is 2.63. The summed E-state index contributed by atoms with van der Waals surface area (Å²) in [5.41, 5.74) is -0.181. The van der Waals surface area contributed by atoms with Gasteiger partial charge < -0.3 is 14.8 Å². The Balaban J connectivity index is 1.56. The van der Waals surface area contributed by atoms with Gasteiger partial charge in [-0.05, 0) is 61.5 Å². The fourth-order valence-corrected chi connectivity index (χ4v) is 4.23. The number of benzene rings is 2. The molecular weight excluding hydrogens is 524 g/mol. The van der Waals surface area contributed by atoms with Gasteiger partial charge in [0.1, 0.15) is 40.0 Å². The summed E-state index contributed by atoms with van der Waals surface area (Å²) in [6.45, 7) is 1.67. The molecule has 1 N–H and O–H groups in total. The van der Waals surface area contributed by atoms with Gasteiger partial charge in [0.25, 0.3) is 17.0 Å². The highest BCUT2D eigenvalue weighted by molar-refractivity contribution is 6.10. The lowest BCUT2D eigenvalue weighted by molar-refractivity contribution is -0.112. The van der Waals surface area contributed by atoms with Crippen molar-refractivity contribution in [3.8, 4) is 29.1 Å². The molecule has 0 saturated heterocycles. The molecule has 0 aliphatic rings. The number of pyridine rings is 1. The molecule has 0 aliphatic carbocycles. The van der Waals surface area contributed by atoms with Gasteiger partial charge >= 0.3 is 0 Å². The monoisotopic (exact) mass is 548 g/mol. The summed E-state index contributed by atoms with van der Waals surface area (Å²) in [7, 11) is 3.22. The number of methoxy groups -OCH3 is 1. The van der Waals surface area contributed by atoms with Crippen molar-refractivity contribution in [2.24, 2.45) is 7.05 Å². The number of aromatic nitrogens is 4. The molecule has 11 heteroatoms. The second-order valence-corrected chi connectivity index (χ2v) is 8.90. The number of nitrogens with zero attached hydrogens (tertiary/aromatic N) is 5. The van der Waals surface area contributed by atoms with Crippen LogP contribution in [-0.2, 0) is 11.8 Å². The van der Waals surface area contributed by atoms with Crippen molar-refractivity contribution in [2.45, 2.75) is 6.92 Å². The third-order valence-electron chi connectivity index (χ3n) is 6.45. The maximum Gasteiger partial charge on any atom is 0.295 e. The predicted molar refractivity (Wildman–Crippen MR) is 152 cm³/mol. The molecule has 0 aliphatic heterocycles. The molecule has 0 spiro atoms. The highest BCUT2D eigenvalue weighted by Crippen LogP contribution is 2.26. The number of ether oxygens (including phenoxy) is 2. The molecule has 5 rings (SSSR count). The number of hydrogen-bond donors (Lipinski definition) is 1. The fraction of sp³-hybridized carbons (Fsp3) is 0.100. The van der Waals surface area contributed by atoms with Crippen LogP contribution in [-0.4, -0.2) is 31.8 Å². The SMILES string of the molecule is COc1ccc(Oc2nc3ccccn3c(=O)c2C=C(C#N)C(=O)Nc2c(C)n(C)n(-c3ccccc3)c2=O)cc1. The van der Waals surface area contributed by atoms with Crippen LogP contribution < -0.4 is 25.9 Å². The van der Waals surface area contributed by atoms with Gasteiger partial charge in [0.15, 0.2) is 0 Å². The van der Waals surface area contributed by atoms with E-state index < -0.39 is 22.6 Å². The molecule has 11 nitrogen and oxygen atoms in total. The predicted octanol–water partition coefficient (Wildman–Crippen LogP) is 3.84.